The predicted molar refractivity (Wildman–Crippen MR) is 128 cm³/mol. The maximum Gasteiger partial charge on any atom is 0.119 e. The second-order valence-electron chi connectivity index (χ2n) is 9.78. The maximum atomic E-state index is 8.93. The van der Waals surface area contributed by atoms with Crippen molar-refractivity contribution in [2.75, 3.05) is 32.8 Å². The Morgan fingerprint density at radius 2 is 1.69 bits per heavy atom. The zero-order valence-electron chi connectivity index (χ0n) is 19.1. The van der Waals surface area contributed by atoms with Gasteiger partial charge in [-0.3, -0.25) is 4.90 Å². The molecule has 0 spiro atoms. The largest absolute Gasteiger partial charge is 0.492 e. The second-order valence-corrected chi connectivity index (χ2v) is 9.78. The fourth-order valence-electron chi connectivity index (χ4n) is 6.61. The van der Waals surface area contributed by atoms with Gasteiger partial charge in [-0.2, -0.15) is 5.26 Å². The third-order valence-electron chi connectivity index (χ3n) is 8.17. The van der Waals surface area contributed by atoms with E-state index in [2.05, 4.69) is 40.6 Å². The third-order valence-corrected chi connectivity index (χ3v) is 8.17. The number of benzene rings is 2. The lowest BCUT2D eigenvalue weighted by atomic mass is 9.63. The first-order valence-corrected chi connectivity index (χ1v) is 12.5. The van der Waals surface area contributed by atoms with Crippen LogP contribution < -0.4 is 10.1 Å². The molecule has 3 aliphatic rings. The summed E-state index contributed by atoms with van der Waals surface area (Å²) in [7, 11) is 0. The minimum Gasteiger partial charge on any atom is -0.492 e. The lowest BCUT2D eigenvalue weighted by Gasteiger charge is -2.52. The number of nitrogens with one attached hydrogen (secondary N) is 1. The van der Waals surface area contributed by atoms with Crippen molar-refractivity contribution in [3.05, 3.63) is 65.2 Å². The highest BCUT2D eigenvalue weighted by atomic mass is 16.5. The molecule has 2 heterocycles. The molecular formula is C28H35N3O. The number of nitriles is 1. The average Bonchev–Trinajstić information content (AvgIpc) is 3.40. The summed E-state index contributed by atoms with van der Waals surface area (Å²) >= 11 is 0. The molecule has 1 N–H and O–H groups in total. The number of rotatable bonds is 6. The van der Waals surface area contributed by atoms with Crippen molar-refractivity contribution in [3.8, 4) is 11.8 Å². The number of ether oxygens (including phenoxy) is 1. The van der Waals surface area contributed by atoms with Gasteiger partial charge < -0.3 is 10.1 Å². The molecule has 4 heteroatoms. The van der Waals surface area contributed by atoms with Gasteiger partial charge in [0.15, 0.2) is 0 Å². The van der Waals surface area contributed by atoms with E-state index in [1.807, 2.05) is 24.3 Å². The molecule has 0 aromatic heterocycles. The Morgan fingerprint density at radius 3 is 2.44 bits per heavy atom. The van der Waals surface area contributed by atoms with Crippen molar-refractivity contribution in [1.29, 1.82) is 5.26 Å². The summed E-state index contributed by atoms with van der Waals surface area (Å²) in [5.74, 6) is 2.34. The van der Waals surface area contributed by atoms with Crippen LogP contribution in [0.2, 0.25) is 0 Å². The van der Waals surface area contributed by atoms with Crippen LogP contribution in [0.3, 0.4) is 0 Å². The van der Waals surface area contributed by atoms with Gasteiger partial charge in [-0.1, -0.05) is 37.1 Å². The van der Waals surface area contributed by atoms with E-state index < -0.39 is 0 Å². The molecule has 2 aromatic carbocycles. The van der Waals surface area contributed by atoms with E-state index in [0.717, 1.165) is 44.3 Å². The van der Waals surface area contributed by atoms with Gasteiger partial charge >= 0.3 is 0 Å². The number of piperidine rings is 1. The van der Waals surface area contributed by atoms with Crippen LogP contribution in [0.4, 0.5) is 0 Å². The standard InChI is InChI=1S/C28H35N3O/c29-21-22-9-11-26(12-10-22)32-20-19-31-17-14-25(15-18-31)28(24-6-2-3-7-24)27-8-4-1-5-23(27)13-16-30-28/h1,4-5,8-12,24-25,30H,2-3,6-7,13-20H2. The van der Waals surface area contributed by atoms with Crippen molar-refractivity contribution in [3.63, 3.8) is 0 Å². The molecule has 168 valence electrons. The van der Waals surface area contributed by atoms with E-state index in [4.69, 9.17) is 10.00 Å². The van der Waals surface area contributed by atoms with Crippen molar-refractivity contribution >= 4 is 0 Å². The smallest absolute Gasteiger partial charge is 0.119 e. The van der Waals surface area contributed by atoms with E-state index in [1.165, 1.54) is 38.5 Å². The molecule has 0 radical (unpaired) electrons. The van der Waals surface area contributed by atoms with Gasteiger partial charge in [0.05, 0.1) is 11.6 Å². The van der Waals surface area contributed by atoms with Gasteiger partial charge in [0.25, 0.3) is 0 Å². The zero-order valence-corrected chi connectivity index (χ0v) is 19.1. The molecule has 5 rings (SSSR count). The first-order chi connectivity index (χ1) is 15.8. The van der Waals surface area contributed by atoms with Gasteiger partial charge in [-0.15, -0.1) is 0 Å². The van der Waals surface area contributed by atoms with Crippen molar-refractivity contribution in [2.45, 2.75) is 50.5 Å². The summed E-state index contributed by atoms with van der Waals surface area (Å²) in [5, 5.41) is 13.1. The third kappa shape index (κ3) is 4.17. The van der Waals surface area contributed by atoms with E-state index in [-0.39, 0.29) is 5.54 Å². The number of hydrogen-bond donors (Lipinski definition) is 1. The number of fused-ring (bicyclic) bond motifs is 1. The highest BCUT2D eigenvalue weighted by molar-refractivity contribution is 5.38. The van der Waals surface area contributed by atoms with E-state index in [9.17, 15) is 0 Å². The quantitative estimate of drug-likeness (QED) is 0.711. The molecular weight excluding hydrogens is 394 g/mol. The Hall–Kier alpha value is -2.35. The van der Waals surface area contributed by atoms with Gasteiger partial charge in [0, 0.05) is 18.6 Å². The number of likely N-dealkylation sites (tertiary alicyclic amines) is 1. The van der Waals surface area contributed by atoms with Crippen LogP contribution >= 0.6 is 0 Å². The lowest BCUT2D eigenvalue weighted by molar-refractivity contribution is 0.0517. The molecule has 1 aliphatic carbocycles. The Labute approximate surface area is 192 Å². The fourth-order valence-corrected chi connectivity index (χ4v) is 6.61. The number of hydrogen-bond acceptors (Lipinski definition) is 4. The van der Waals surface area contributed by atoms with E-state index in [0.29, 0.717) is 18.1 Å². The molecule has 0 amide bonds. The Morgan fingerprint density at radius 1 is 0.969 bits per heavy atom. The first-order valence-electron chi connectivity index (χ1n) is 12.5. The summed E-state index contributed by atoms with van der Waals surface area (Å²) in [4.78, 5) is 2.57. The topological polar surface area (TPSA) is 48.3 Å². The SMILES string of the molecule is N#Cc1ccc(OCCN2CCC(C3(C4CCCC4)NCCc4ccccc43)CC2)cc1. The van der Waals surface area contributed by atoms with Crippen LogP contribution in [0, 0.1) is 23.2 Å². The molecule has 2 aromatic rings. The molecule has 4 nitrogen and oxygen atoms in total. The van der Waals surface area contributed by atoms with Crippen LogP contribution in [0.5, 0.6) is 5.75 Å². The summed E-state index contributed by atoms with van der Waals surface area (Å²) in [6, 6.07) is 18.8. The van der Waals surface area contributed by atoms with Crippen LogP contribution in [0.25, 0.3) is 0 Å². The lowest BCUT2D eigenvalue weighted by Crippen LogP contribution is -2.58. The summed E-state index contributed by atoms with van der Waals surface area (Å²) < 4.78 is 5.94. The molecule has 1 saturated heterocycles. The maximum absolute atomic E-state index is 8.93. The highest BCUT2D eigenvalue weighted by Gasteiger charge is 2.49. The van der Waals surface area contributed by atoms with Crippen LogP contribution in [-0.4, -0.2) is 37.7 Å². The molecule has 1 atom stereocenters. The predicted octanol–water partition coefficient (Wildman–Crippen LogP) is 4.88. The average molecular weight is 430 g/mol. The normalized spacial score (nSPS) is 24.7. The zero-order chi connectivity index (χ0) is 21.8. The Balaban J connectivity index is 1.22. The second kappa shape index (κ2) is 9.65. The molecule has 2 fully saturated rings. The Kier molecular flexibility index (Phi) is 6.48. The van der Waals surface area contributed by atoms with Crippen molar-refractivity contribution < 1.29 is 4.74 Å². The molecule has 1 unspecified atom stereocenters. The van der Waals surface area contributed by atoms with Crippen molar-refractivity contribution in [2.24, 2.45) is 11.8 Å². The van der Waals surface area contributed by atoms with Crippen LogP contribution in [0.15, 0.2) is 48.5 Å². The summed E-state index contributed by atoms with van der Waals surface area (Å²) in [5.41, 5.74) is 4.04. The van der Waals surface area contributed by atoms with Gasteiger partial charge in [-0.05, 0) is 92.4 Å². The van der Waals surface area contributed by atoms with Gasteiger partial charge in [0.2, 0.25) is 0 Å². The first kappa shape index (κ1) is 21.5. The Bertz CT molecular complexity index is 936. The summed E-state index contributed by atoms with van der Waals surface area (Å²) in [6.45, 7) is 5.09. The minimum absolute atomic E-state index is 0.177. The molecule has 2 aliphatic heterocycles. The molecule has 1 saturated carbocycles. The van der Waals surface area contributed by atoms with Gasteiger partial charge in [0.1, 0.15) is 12.4 Å². The highest BCUT2D eigenvalue weighted by Crippen LogP contribution is 2.50. The van der Waals surface area contributed by atoms with E-state index in [1.54, 1.807) is 11.1 Å². The van der Waals surface area contributed by atoms with Gasteiger partial charge in [-0.25, -0.2) is 0 Å². The fraction of sp³-hybridized carbons (Fsp3) is 0.536. The molecule has 32 heavy (non-hydrogen) atoms. The monoisotopic (exact) mass is 429 g/mol. The van der Waals surface area contributed by atoms with Crippen LogP contribution in [0.1, 0.15) is 55.2 Å². The number of nitrogens with zero attached hydrogens (tertiary/aromatic N) is 2. The van der Waals surface area contributed by atoms with E-state index >= 15 is 0 Å². The minimum atomic E-state index is 0.177. The summed E-state index contributed by atoms with van der Waals surface area (Å²) in [6.07, 6.45) is 9.21. The van der Waals surface area contributed by atoms with Crippen LogP contribution in [-0.2, 0) is 12.0 Å². The van der Waals surface area contributed by atoms with Crippen molar-refractivity contribution in [1.82, 2.24) is 10.2 Å². The molecule has 0 bridgehead atoms.